The molecule has 1 aliphatic heterocycles. The van der Waals surface area contributed by atoms with Crippen LogP contribution in [0, 0.1) is 11.3 Å². The van der Waals surface area contributed by atoms with Crippen molar-refractivity contribution >= 4 is 18.3 Å². The molecule has 1 heterocycles. The van der Waals surface area contributed by atoms with Gasteiger partial charge in [-0.3, -0.25) is 4.79 Å². The molecule has 2 aliphatic rings. The molecule has 1 amide bonds. The molecule has 0 radical (unpaired) electrons. The van der Waals surface area contributed by atoms with Crippen LogP contribution in [0.15, 0.2) is 0 Å². The van der Waals surface area contributed by atoms with Gasteiger partial charge in [-0.2, -0.15) is 0 Å². The summed E-state index contributed by atoms with van der Waals surface area (Å²) < 4.78 is 5.30. The number of carbonyl (C=O) groups excluding carboxylic acids is 1. The minimum atomic E-state index is -0.457. The standard InChI is InChI=1S/C13H24N2O3.ClH/c14-9-13(4-6-18-7-5-13)12(17)15-8-10-2-1-3-11(10)16;/h10-11,16H,1-9,14H2,(H,15,17);1H. The quantitative estimate of drug-likeness (QED) is 0.702. The monoisotopic (exact) mass is 292 g/mol. The first kappa shape index (κ1) is 16.7. The van der Waals surface area contributed by atoms with Crippen LogP contribution in [-0.2, 0) is 9.53 Å². The van der Waals surface area contributed by atoms with Gasteiger partial charge in [-0.05, 0) is 25.7 Å². The Balaban J connectivity index is 0.00000180. The lowest BCUT2D eigenvalue weighted by molar-refractivity contribution is -0.136. The SMILES string of the molecule is Cl.NCC1(C(=O)NCC2CCCC2O)CCOCC1. The summed E-state index contributed by atoms with van der Waals surface area (Å²) in [4.78, 5) is 12.3. The Morgan fingerprint density at radius 3 is 2.58 bits per heavy atom. The zero-order valence-corrected chi connectivity index (χ0v) is 12.1. The van der Waals surface area contributed by atoms with Gasteiger partial charge in [0.2, 0.25) is 5.91 Å². The second kappa shape index (κ2) is 7.43. The topological polar surface area (TPSA) is 84.6 Å². The molecule has 0 aromatic rings. The van der Waals surface area contributed by atoms with Gasteiger partial charge in [0.1, 0.15) is 0 Å². The molecule has 1 saturated carbocycles. The predicted octanol–water partition coefficient (Wildman–Crippen LogP) is 0.441. The van der Waals surface area contributed by atoms with Crippen LogP contribution >= 0.6 is 12.4 Å². The lowest BCUT2D eigenvalue weighted by Crippen LogP contribution is -2.50. The summed E-state index contributed by atoms with van der Waals surface area (Å²) in [5.74, 6) is 0.246. The van der Waals surface area contributed by atoms with E-state index in [2.05, 4.69) is 5.32 Å². The Bertz CT molecular complexity index is 296. The fourth-order valence-electron chi connectivity index (χ4n) is 2.95. The maximum absolute atomic E-state index is 12.3. The van der Waals surface area contributed by atoms with Gasteiger partial charge in [-0.15, -0.1) is 12.4 Å². The number of aliphatic hydroxyl groups is 1. The molecule has 2 atom stereocenters. The number of nitrogens with one attached hydrogen (secondary N) is 1. The molecule has 0 bridgehead atoms. The van der Waals surface area contributed by atoms with E-state index in [1.54, 1.807) is 0 Å². The van der Waals surface area contributed by atoms with E-state index in [4.69, 9.17) is 10.5 Å². The average molecular weight is 293 g/mol. The van der Waals surface area contributed by atoms with Crippen LogP contribution in [0.3, 0.4) is 0 Å². The molecule has 1 aliphatic carbocycles. The number of aliphatic hydroxyl groups excluding tert-OH is 1. The molecular formula is C13H25ClN2O3. The Morgan fingerprint density at radius 1 is 1.37 bits per heavy atom. The maximum atomic E-state index is 12.3. The lowest BCUT2D eigenvalue weighted by atomic mass is 9.79. The van der Waals surface area contributed by atoms with Gasteiger partial charge in [0.15, 0.2) is 0 Å². The Hall–Kier alpha value is -0.360. The molecule has 0 spiro atoms. The molecule has 1 saturated heterocycles. The molecule has 2 fully saturated rings. The summed E-state index contributed by atoms with van der Waals surface area (Å²) >= 11 is 0. The van der Waals surface area contributed by atoms with Crippen molar-refractivity contribution in [3.05, 3.63) is 0 Å². The van der Waals surface area contributed by atoms with E-state index in [9.17, 15) is 9.90 Å². The van der Waals surface area contributed by atoms with E-state index in [-0.39, 0.29) is 30.3 Å². The van der Waals surface area contributed by atoms with Gasteiger partial charge in [-0.25, -0.2) is 0 Å². The summed E-state index contributed by atoms with van der Waals surface area (Å²) in [5.41, 5.74) is 5.33. The number of hydrogen-bond acceptors (Lipinski definition) is 4. The summed E-state index contributed by atoms with van der Waals surface area (Å²) in [6, 6.07) is 0. The number of ether oxygens (including phenoxy) is 1. The first-order valence-electron chi connectivity index (χ1n) is 6.92. The third kappa shape index (κ3) is 3.81. The highest BCUT2D eigenvalue weighted by molar-refractivity contribution is 5.85. The van der Waals surface area contributed by atoms with Crippen molar-refractivity contribution in [2.45, 2.75) is 38.2 Å². The van der Waals surface area contributed by atoms with Crippen LogP contribution in [0.5, 0.6) is 0 Å². The number of amides is 1. The predicted molar refractivity (Wildman–Crippen MR) is 75.1 cm³/mol. The fraction of sp³-hybridized carbons (Fsp3) is 0.923. The van der Waals surface area contributed by atoms with Crippen LogP contribution in [0.4, 0.5) is 0 Å². The maximum Gasteiger partial charge on any atom is 0.227 e. The van der Waals surface area contributed by atoms with E-state index >= 15 is 0 Å². The zero-order valence-electron chi connectivity index (χ0n) is 11.3. The lowest BCUT2D eigenvalue weighted by Gasteiger charge is -2.35. The van der Waals surface area contributed by atoms with E-state index in [0.29, 0.717) is 39.1 Å². The largest absolute Gasteiger partial charge is 0.393 e. The van der Waals surface area contributed by atoms with Crippen LogP contribution in [0.1, 0.15) is 32.1 Å². The van der Waals surface area contributed by atoms with E-state index in [1.165, 1.54) is 0 Å². The van der Waals surface area contributed by atoms with Crippen molar-refractivity contribution in [3.8, 4) is 0 Å². The molecule has 4 N–H and O–H groups in total. The summed E-state index contributed by atoms with van der Waals surface area (Å²) in [5, 5.41) is 12.7. The molecule has 2 unspecified atom stereocenters. The smallest absolute Gasteiger partial charge is 0.227 e. The molecule has 112 valence electrons. The molecule has 0 aromatic carbocycles. The fourth-order valence-corrected chi connectivity index (χ4v) is 2.95. The number of nitrogens with two attached hydrogens (primary N) is 1. The van der Waals surface area contributed by atoms with Crippen LogP contribution in [0.2, 0.25) is 0 Å². The number of carbonyl (C=O) groups is 1. The first-order valence-corrected chi connectivity index (χ1v) is 6.92. The van der Waals surface area contributed by atoms with Crippen molar-refractivity contribution in [1.82, 2.24) is 5.32 Å². The molecule has 5 nitrogen and oxygen atoms in total. The minimum Gasteiger partial charge on any atom is -0.393 e. The molecule has 6 heteroatoms. The zero-order chi connectivity index (χ0) is 13.0. The van der Waals surface area contributed by atoms with E-state index in [1.807, 2.05) is 0 Å². The average Bonchev–Trinajstić information content (AvgIpc) is 2.82. The van der Waals surface area contributed by atoms with Gasteiger partial charge >= 0.3 is 0 Å². The number of halogens is 1. The Labute approximate surface area is 120 Å². The summed E-state index contributed by atoms with van der Waals surface area (Å²) in [6.07, 6.45) is 4.05. The third-order valence-electron chi connectivity index (χ3n) is 4.47. The second-order valence-electron chi connectivity index (χ2n) is 5.57. The van der Waals surface area contributed by atoms with E-state index in [0.717, 1.165) is 19.3 Å². The van der Waals surface area contributed by atoms with Gasteiger partial charge in [0.05, 0.1) is 11.5 Å². The highest BCUT2D eigenvalue weighted by Gasteiger charge is 2.39. The van der Waals surface area contributed by atoms with Gasteiger partial charge < -0.3 is 20.9 Å². The van der Waals surface area contributed by atoms with Crippen LogP contribution in [-0.4, -0.2) is 43.4 Å². The summed E-state index contributed by atoms with van der Waals surface area (Å²) in [7, 11) is 0. The second-order valence-corrected chi connectivity index (χ2v) is 5.57. The van der Waals surface area contributed by atoms with Crippen molar-refractivity contribution in [2.75, 3.05) is 26.3 Å². The van der Waals surface area contributed by atoms with E-state index < -0.39 is 5.41 Å². The molecule has 19 heavy (non-hydrogen) atoms. The normalized spacial score (nSPS) is 29.6. The van der Waals surface area contributed by atoms with Crippen LogP contribution in [0.25, 0.3) is 0 Å². The highest BCUT2D eigenvalue weighted by atomic mass is 35.5. The minimum absolute atomic E-state index is 0. The van der Waals surface area contributed by atoms with Crippen molar-refractivity contribution < 1.29 is 14.6 Å². The molecule has 2 rings (SSSR count). The Kier molecular flexibility index (Phi) is 6.53. The molecular weight excluding hydrogens is 268 g/mol. The third-order valence-corrected chi connectivity index (χ3v) is 4.47. The number of hydrogen-bond donors (Lipinski definition) is 3. The first-order chi connectivity index (χ1) is 8.68. The highest BCUT2D eigenvalue weighted by Crippen LogP contribution is 2.30. The van der Waals surface area contributed by atoms with Crippen molar-refractivity contribution in [1.29, 1.82) is 0 Å². The van der Waals surface area contributed by atoms with Gasteiger partial charge in [0.25, 0.3) is 0 Å². The number of rotatable bonds is 4. The van der Waals surface area contributed by atoms with Crippen molar-refractivity contribution in [2.24, 2.45) is 17.1 Å². The van der Waals surface area contributed by atoms with Gasteiger partial charge in [-0.1, -0.05) is 6.42 Å². The molecule has 0 aromatic heterocycles. The van der Waals surface area contributed by atoms with Gasteiger partial charge in [0, 0.05) is 32.2 Å². The summed E-state index contributed by atoms with van der Waals surface area (Å²) in [6.45, 7) is 2.16. The Morgan fingerprint density at radius 2 is 2.05 bits per heavy atom. The van der Waals surface area contributed by atoms with Crippen LogP contribution < -0.4 is 11.1 Å². The van der Waals surface area contributed by atoms with Crippen molar-refractivity contribution in [3.63, 3.8) is 0 Å².